The summed E-state index contributed by atoms with van der Waals surface area (Å²) < 4.78 is 27.9. The third-order valence-corrected chi connectivity index (χ3v) is 5.02. The molecular formula is C18H19N3O5S. The van der Waals surface area contributed by atoms with Crippen molar-refractivity contribution in [2.75, 3.05) is 11.9 Å². The highest BCUT2D eigenvalue weighted by atomic mass is 32.2. The molecule has 8 nitrogen and oxygen atoms in total. The number of carbonyl (C=O) groups excluding carboxylic acids is 2. The lowest BCUT2D eigenvalue weighted by atomic mass is 10.0. The highest BCUT2D eigenvalue weighted by molar-refractivity contribution is 7.89. The Labute approximate surface area is 156 Å². The lowest BCUT2D eigenvalue weighted by molar-refractivity contribution is -0.123. The SMILES string of the molecule is NS(=O)(=O)c1ccc(CNC(=O)COc2ccc3c(c2)NC(=O)CC3)cc1. The zero-order valence-corrected chi connectivity index (χ0v) is 15.2. The van der Waals surface area contributed by atoms with Crippen molar-refractivity contribution in [3.05, 3.63) is 53.6 Å². The zero-order valence-electron chi connectivity index (χ0n) is 14.4. The predicted octanol–water partition coefficient (Wildman–Crippen LogP) is 0.914. The second-order valence-electron chi connectivity index (χ2n) is 6.12. The van der Waals surface area contributed by atoms with Crippen molar-refractivity contribution in [1.82, 2.24) is 5.32 Å². The van der Waals surface area contributed by atoms with E-state index in [-0.39, 0.29) is 29.9 Å². The number of carbonyl (C=O) groups is 2. The summed E-state index contributed by atoms with van der Waals surface area (Å²) in [5.41, 5.74) is 2.47. The smallest absolute Gasteiger partial charge is 0.258 e. The third kappa shape index (κ3) is 5.05. The number of primary sulfonamides is 1. The second kappa shape index (κ2) is 7.77. The van der Waals surface area contributed by atoms with Gasteiger partial charge in [-0.2, -0.15) is 0 Å². The molecule has 0 fully saturated rings. The molecule has 0 unspecified atom stereocenters. The van der Waals surface area contributed by atoms with E-state index in [1.807, 2.05) is 6.07 Å². The Kier molecular flexibility index (Phi) is 5.43. The summed E-state index contributed by atoms with van der Waals surface area (Å²) in [4.78, 5) is 23.4. The van der Waals surface area contributed by atoms with Crippen LogP contribution in [0.25, 0.3) is 0 Å². The number of benzene rings is 2. The molecule has 2 aromatic carbocycles. The molecule has 0 radical (unpaired) electrons. The normalized spacial score (nSPS) is 13.4. The van der Waals surface area contributed by atoms with Gasteiger partial charge < -0.3 is 15.4 Å². The number of ether oxygens (including phenoxy) is 1. The highest BCUT2D eigenvalue weighted by Gasteiger charge is 2.15. The Bertz CT molecular complexity index is 971. The Morgan fingerprint density at radius 1 is 1.15 bits per heavy atom. The maximum atomic E-state index is 11.9. The number of sulfonamides is 1. The minimum absolute atomic E-state index is 0.0143. The van der Waals surface area contributed by atoms with Crippen molar-refractivity contribution in [3.8, 4) is 5.75 Å². The van der Waals surface area contributed by atoms with E-state index in [1.165, 1.54) is 12.1 Å². The molecule has 1 heterocycles. The fraction of sp³-hybridized carbons (Fsp3) is 0.222. The summed E-state index contributed by atoms with van der Waals surface area (Å²) in [6.45, 7) is 0.0509. The molecule has 0 bridgehead atoms. The molecule has 0 aliphatic carbocycles. The van der Waals surface area contributed by atoms with E-state index in [1.54, 1.807) is 24.3 Å². The first-order chi connectivity index (χ1) is 12.8. The van der Waals surface area contributed by atoms with Gasteiger partial charge in [0.2, 0.25) is 15.9 Å². The number of nitrogens with one attached hydrogen (secondary N) is 2. The second-order valence-corrected chi connectivity index (χ2v) is 7.68. The van der Waals surface area contributed by atoms with Crippen LogP contribution in [0.4, 0.5) is 5.69 Å². The number of hydrogen-bond acceptors (Lipinski definition) is 5. The van der Waals surface area contributed by atoms with E-state index < -0.39 is 10.0 Å². The molecule has 2 aromatic rings. The molecule has 142 valence electrons. The molecule has 0 saturated carbocycles. The van der Waals surface area contributed by atoms with Gasteiger partial charge in [-0.05, 0) is 35.7 Å². The Morgan fingerprint density at radius 3 is 2.59 bits per heavy atom. The lowest BCUT2D eigenvalue weighted by Gasteiger charge is -2.17. The standard InChI is InChI=1S/C18H19N3O5S/c19-27(24,25)15-6-1-12(2-7-15)10-20-18(23)11-26-14-5-3-13-4-8-17(22)21-16(13)9-14/h1-3,5-7,9H,4,8,10-11H2,(H,20,23)(H,21,22)(H2,19,24,25). The van der Waals surface area contributed by atoms with E-state index in [9.17, 15) is 18.0 Å². The molecule has 0 spiro atoms. The third-order valence-electron chi connectivity index (χ3n) is 4.09. The molecule has 0 aromatic heterocycles. The van der Waals surface area contributed by atoms with Gasteiger partial charge in [-0.25, -0.2) is 13.6 Å². The van der Waals surface area contributed by atoms with Crippen molar-refractivity contribution >= 4 is 27.5 Å². The van der Waals surface area contributed by atoms with Crippen molar-refractivity contribution in [1.29, 1.82) is 0 Å². The quantitative estimate of drug-likeness (QED) is 0.677. The lowest BCUT2D eigenvalue weighted by Crippen LogP contribution is -2.28. The van der Waals surface area contributed by atoms with E-state index in [4.69, 9.17) is 9.88 Å². The van der Waals surface area contributed by atoms with Gasteiger partial charge in [0.25, 0.3) is 5.91 Å². The van der Waals surface area contributed by atoms with Crippen LogP contribution >= 0.6 is 0 Å². The van der Waals surface area contributed by atoms with E-state index in [2.05, 4.69) is 10.6 Å². The van der Waals surface area contributed by atoms with Crippen LogP contribution in [0.15, 0.2) is 47.4 Å². The molecule has 3 rings (SSSR count). The summed E-state index contributed by atoms with van der Waals surface area (Å²) >= 11 is 0. The van der Waals surface area contributed by atoms with E-state index in [0.29, 0.717) is 24.3 Å². The molecule has 4 N–H and O–H groups in total. The van der Waals surface area contributed by atoms with E-state index in [0.717, 1.165) is 11.1 Å². The van der Waals surface area contributed by atoms with Crippen LogP contribution in [0, 0.1) is 0 Å². The Balaban J connectivity index is 1.50. The number of nitrogens with two attached hydrogens (primary N) is 1. The van der Waals surface area contributed by atoms with Crippen LogP contribution in [0.5, 0.6) is 5.75 Å². The maximum absolute atomic E-state index is 11.9. The van der Waals surface area contributed by atoms with E-state index >= 15 is 0 Å². The van der Waals surface area contributed by atoms with Crippen molar-refractivity contribution in [2.45, 2.75) is 24.3 Å². The largest absolute Gasteiger partial charge is 0.484 e. The minimum Gasteiger partial charge on any atom is -0.484 e. The van der Waals surface area contributed by atoms with Crippen LogP contribution < -0.4 is 20.5 Å². The molecule has 9 heteroatoms. The number of fused-ring (bicyclic) bond motifs is 1. The first kappa shape index (κ1) is 18.9. The average molecular weight is 389 g/mol. The van der Waals surface area contributed by atoms with Gasteiger partial charge in [-0.3, -0.25) is 9.59 Å². The van der Waals surface area contributed by atoms with Crippen LogP contribution in [0.2, 0.25) is 0 Å². The first-order valence-corrected chi connectivity index (χ1v) is 9.80. The molecule has 27 heavy (non-hydrogen) atoms. The molecule has 0 atom stereocenters. The topological polar surface area (TPSA) is 128 Å². The fourth-order valence-corrected chi connectivity index (χ4v) is 3.15. The molecule has 1 aliphatic heterocycles. The molecule has 2 amide bonds. The average Bonchev–Trinajstić information content (AvgIpc) is 2.64. The summed E-state index contributed by atoms with van der Waals surface area (Å²) in [6.07, 6.45) is 1.15. The number of rotatable bonds is 6. The Hall–Kier alpha value is -2.91. The summed E-state index contributed by atoms with van der Waals surface area (Å²) in [5.74, 6) is 0.127. The van der Waals surface area contributed by atoms with Crippen molar-refractivity contribution in [3.63, 3.8) is 0 Å². The van der Waals surface area contributed by atoms with Gasteiger partial charge in [-0.15, -0.1) is 0 Å². The molecule has 1 aliphatic rings. The van der Waals surface area contributed by atoms with Gasteiger partial charge in [-0.1, -0.05) is 18.2 Å². The molecule has 0 saturated heterocycles. The van der Waals surface area contributed by atoms with Gasteiger partial charge >= 0.3 is 0 Å². The predicted molar refractivity (Wildman–Crippen MR) is 98.5 cm³/mol. The zero-order chi connectivity index (χ0) is 19.4. The van der Waals surface area contributed by atoms with Gasteiger partial charge in [0.05, 0.1) is 4.90 Å². The van der Waals surface area contributed by atoms with Crippen molar-refractivity contribution < 1.29 is 22.7 Å². The summed E-state index contributed by atoms with van der Waals surface area (Å²) in [5, 5.41) is 10.5. The van der Waals surface area contributed by atoms with Crippen LogP contribution in [-0.2, 0) is 32.6 Å². The van der Waals surface area contributed by atoms with Gasteiger partial charge in [0.1, 0.15) is 5.75 Å². The summed E-state index contributed by atoms with van der Waals surface area (Å²) in [6, 6.07) is 11.2. The van der Waals surface area contributed by atoms with Crippen LogP contribution in [-0.4, -0.2) is 26.8 Å². The fourth-order valence-electron chi connectivity index (χ4n) is 2.64. The van der Waals surface area contributed by atoms with Gasteiger partial charge in [0, 0.05) is 24.7 Å². The first-order valence-electron chi connectivity index (χ1n) is 8.25. The maximum Gasteiger partial charge on any atom is 0.258 e. The van der Waals surface area contributed by atoms with Gasteiger partial charge in [0.15, 0.2) is 6.61 Å². The number of aryl methyl sites for hydroxylation is 1. The number of anilines is 1. The van der Waals surface area contributed by atoms with Crippen molar-refractivity contribution in [2.24, 2.45) is 5.14 Å². The number of amides is 2. The summed E-state index contributed by atoms with van der Waals surface area (Å²) in [7, 11) is -3.73. The number of hydrogen-bond donors (Lipinski definition) is 3. The monoisotopic (exact) mass is 389 g/mol. The van der Waals surface area contributed by atoms with Crippen LogP contribution in [0.3, 0.4) is 0 Å². The Morgan fingerprint density at radius 2 is 1.89 bits per heavy atom. The highest BCUT2D eigenvalue weighted by Crippen LogP contribution is 2.27. The minimum atomic E-state index is -3.73. The molecular weight excluding hydrogens is 370 g/mol. The van der Waals surface area contributed by atoms with Crippen LogP contribution in [0.1, 0.15) is 17.5 Å².